The van der Waals surface area contributed by atoms with E-state index in [4.69, 9.17) is 0 Å². The van der Waals surface area contributed by atoms with Crippen LogP contribution in [0.5, 0.6) is 0 Å². The normalized spacial score (nSPS) is 12.2. The standard InChI is InChI=1S/C23H22N4O/c1-16(2)21(22-26-25-20-10-6-7-15-27(20)22)24-23(28)19-13-11-18(12-14-19)17-8-4-3-5-9-17/h3-16,21H,1-2H3,(H,24,28)/t21-/m0/s1. The zero-order valence-electron chi connectivity index (χ0n) is 15.9. The largest absolute Gasteiger partial charge is 0.342 e. The number of hydrogen-bond acceptors (Lipinski definition) is 3. The second kappa shape index (κ2) is 7.64. The fraction of sp³-hybridized carbons (Fsp3) is 0.174. The first-order chi connectivity index (χ1) is 13.6. The molecule has 4 aromatic rings. The maximum absolute atomic E-state index is 12.9. The number of hydrogen-bond donors (Lipinski definition) is 1. The minimum Gasteiger partial charge on any atom is -0.342 e. The minimum absolute atomic E-state index is 0.119. The molecule has 2 aromatic heterocycles. The van der Waals surface area contributed by atoms with Crippen molar-refractivity contribution < 1.29 is 4.79 Å². The van der Waals surface area contributed by atoms with E-state index in [2.05, 4.69) is 41.5 Å². The number of carbonyl (C=O) groups is 1. The fourth-order valence-electron chi connectivity index (χ4n) is 3.27. The van der Waals surface area contributed by atoms with Gasteiger partial charge in [-0.15, -0.1) is 10.2 Å². The Morgan fingerprint density at radius 1 is 0.857 bits per heavy atom. The lowest BCUT2D eigenvalue weighted by Crippen LogP contribution is -2.33. The first kappa shape index (κ1) is 17.9. The number of amides is 1. The van der Waals surface area contributed by atoms with Gasteiger partial charge in [0.15, 0.2) is 11.5 Å². The molecule has 0 spiro atoms. The van der Waals surface area contributed by atoms with Gasteiger partial charge >= 0.3 is 0 Å². The van der Waals surface area contributed by atoms with Crippen molar-refractivity contribution in [2.45, 2.75) is 19.9 Å². The maximum Gasteiger partial charge on any atom is 0.251 e. The van der Waals surface area contributed by atoms with Crippen molar-refractivity contribution in [1.82, 2.24) is 19.9 Å². The van der Waals surface area contributed by atoms with Gasteiger partial charge in [-0.2, -0.15) is 0 Å². The molecule has 1 amide bonds. The van der Waals surface area contributed by atoms with Crippen LogP contribution < -0.4 is 5.32 Å². The second-order valence-corrected chi connectivity index (χ2v) is 7.13. The zero-order valence-corrected chi connectivity index (χ0v) is 15.9. The maximum atomic E-state index is 12.9. The van der Waals surface area contributed by atoms with Crippen molar-refractivity contribution in [1.29, 1.82) is 0 Å². The molecule has 5 heteroatoms. The summed E-state index contributed by atoms with van der Waals surface area (Å²) in [5, 5.41) is 11.6. The van der Waals surface area contributed by atoms with E-state index >= 15 is 0 Å². The zero-order chi connectivity index (χ0) is 19.5. The third kappa shape index (κ3) is 3.51. The highest BCUT2D eigenvalue weighted by Gasteiger charge is 2.24. The van der Waals surface area contributed by atoms with Gasteiger partial charge in [-0.3, -0.25) is 9.20 Å². The van der Waals surface area contributed by atoms with Gasteiger partial charge in [0.25, 0.3) is 5.91 Å². The number of carbonyl (C=O) groups excluding carboxylic acids is 1. The third-order valence-electron chi connectivity index (χ3n) is 4.83. The van der Waals surface area contributed by atoms with Crippen LogP contribution in [0.2, 0.25) is 0 Å². The Kier molecular flexibility index (Phi) is 4.89. The van der Waals surface area contributed by atoms with Crippen LogP contribution in [0.4, 0.5) is 0 Å². The van der Waals surface area contributed by atoms with Crippen molar-refractivity contribution in [3.8, 4) is 11.1 Å². The van der Waals surface area contributed by atoms with Crippen molar-refractivity contribution in [2.24, 2.45) is 5.92 Å². The Bertz CT molecular complexity index is 1080. The summed E-state index contributed by atoms with van der Waals surface area (Å²) in [7, 11) is 0. The Balaban J connectivity index is 1.57. The van der Waals surface area contributed by atoms with E-state index in [1.807, 2.05) is 71.3 Å². The molecule has 0 saturated heterocycles. The molecule has 4 rings (SSSR count). The summed E-state index contributed by atoms with van der Waals surface area (Å²) >= 11 is 0. The number of benzene rings is 2. The van der Waals surface area contributed by atoms with E-state index in [9.17, 15) is 4.79 Å². The first-order valence-electron chi connectivity index (χ1n) is 9.39. The van der Waals surface area contributed by atoms with Crippen LogP contribution in [-0.2, 0) is 0 Å². The van der Waals surface area contributed by atoms with Gasteiger partial charge in [0, 0.05) is 11.8 Å². The number of aromatic nitrogens is 3. The van der Waals surface area contributed by atoms with Gasteiger partial charge in [-0.25, -0.2) is 0 Å². The Morgan fingerprint density at radius 2 is 1.54 bits per heavy atom. The molecule has 0 radical (unpaired) electrons. The number of nitrogens with one attached hydrogen (secondary N) is 1. The molecule has 0 saturated carbocycles. The lowest BCUT2D eigenvalue weighted by atomic mass is 10.0. The molecule has 2 heterocycles. The Morgan fingerprint density at radius 3 is 2.25 bits per heavy atom. The van der Waals surface area contributed by atoms with E-state index < -0.39 is 0 Å². The lowest BCUT2D eigenvalue weighted by molar-refractivity contribution is 0.0923. The van der Waals surface area contributed by atoms with Gasteiger partial charge in [-0.05, 0) is 41.3 Å². The average Bonchev–Trinajstić information content (AvgIpc) is 3.16. The van der Waals surface area contributed by atoms with Crippen molar-refractivity contribution in [3.63, 3.8) is 0 Å². The molecule has 1 atom stereocenters. The Hall–Kier alpha value is -3.47. The van der Waals surface area contributed by atoms with E-state index in [-0.39, 0.29) is 17.9 Å². The van der Waals surface area contributed by atoms with Gasteiger partial charge in [-0.1, -0.05) is 62.4 Å². The van der Waals surface area contributed by atoms with E-state index in [1.165, 1.54) is 0 Å². The predicted molar refractivity (Wildman–Crippen MR) is 110 cm³/mol. The second-order valence-electron chi connectivity index (χ2n) is 7.13. The number of rotatable bonds is 5. The number of pyridine rings is 1. The highest BCUT2D eigenvalue weighted by Crippen LogP contribution is 2.23. The molecule has 140 valence electrons. The van der Waals surface area contributed by atoms with Crippen molar-refractivity contribution >= 4 is 11.6 Å². The van der Waals surface area contributed by atoms with Crippen LogP contribution in [0.3, 0.4) is 0 Å². The monoisotopic (exact) mass is 370 g/mol. The minimum atomic E-state index is -0.237. The van der Waals surface area contributed by atoms with Gasteiger partial charge in [0.05, 0.1) is 6.04 Å². The van der Waals surface area contributed by atoms with Crippen LogP contribution >= 0.6 is 0 Å². The van der Waals surface area contributed by atoms with Crippen LogP contribution in [0, 0.1) is 5.92 Å². The summed E-state index contributed by atoms with van der Waals surface area (Å²) in [6.07, 6.45) is 1.92. The number of nitrogens with zero attached hydrogens (tertiary/aromatic N) is 3. The summed E-state index contributed by atoms with van der Waals surface area (Å²) in [5.41, 5.74) is 3.61. The third-order valence-corrected chi connectivity index (χ3v) is 4.83. The summed E-state index contributed by atoms with van der Waals surface area (Å²) in [5.74, 6) is 0.783. The molecule has 0 unspecified atom stereocenters. The van der Waals surface area contributed by atoms with Gasteiger partial charge in [0.1, 0.15) is 0 Å². The highest BCUT2D eigenvalue weighted by atomic mass is 16.1. The summed E-state index contributed by atoms with van der Waals surface area (Å²) < 4.78 is 1.92. The topological polar surface area (TPSA) is 59.3 Å². The fourth-order valence-corrected chi connectivity index (χ4v) is 3.27. The molecule has 0 aliphatic carbocycles. The van der Waals surface area contributed by atoms with Crippen LogP contribution in [0.15, 0.2) is 79.0 Å². The molecule has 0 fully saturated rings. The highest BCUT2D eigenvalue weighted by molar-refractivity contribution is 5.95. The molecular weight excluding hydrogens is 348 g/mol. The predicted octanol–water partition coefficient (Wildman–Crippen LogP) is 4.52. The summed E-state index contributed by atoms with van der Waals surface area (Å²) in [4.78, 5) is 12.9. The van der Waals surface area contributed by atoms with E-state index in [0.717, 1.165) is 22.6 Å². The average molecular weight is 370 g/mol. The quantitative estimate of drug-likeness (QED) is 0.562. The van der Waals surface area contributed by atoms with Crippen molar-refractivity contribution in [3.05, 3.63) is 90.4 Å². The summed E-state index contributed by atoms with van der Waals surface area (Å²) in [6.45, 7) is 4.13. The van der Waals surface area contributed by atoms with Crippen LogP contribution in [-0.4, -0.2) is 20.5 Å². The molecule has 2 aromatic carbocycles. The lowest BCUT2D eigenvalue weighted by Gasteiger charge is -2.21. The molecule has 5 nitrogen and oxygen atoms in total. The molecular formula is C23H22N4O. The molecule has 0 bridgehead atoms. The molecule has 1 N–H and O–H groups in total. The first-order valence-corrected chi connectivity index (χ1v) is 9.39. The van der Waals surface area contributed by atoms with Gasteiger partial charge in [0.2, 0.25) is 0 Å². The van der Waals surface area contributed by atoms with Gasteiger partial charge < -0.3 is 5.32 Å². The van der Waals surface area contributed by atoms with E-state index in [0.29, 0.717) is 5.56 Å². The van der Waals surface area contributed by atoms with Crippen molar-refractivity contribution in [2.75, 3.05) is 0 Å². The smallest absolute Gasteiger partial charge is 0.251 e. The molecule has 0 aliphatic rings. The number of fused-ring (bicyclic) bond motifs is 1. The Labute approximate surface area is 164 Å². The van der Waals surface area contributed by atoms with E-state index in [1.54, 1.807) is 0 Å². The molecule has 28 heavy (non-hydrogen) atoms. The van der Waals surface area contributed by atoms with Crippen LogP contribution in [0.1, 0.15) is 36.1 Å². The molecule has 0 aliphatic heterocycles. The SMILES string of the molecule is CC(C)[C@H](NC(=O)c1ccc(-c2ccccc2)cc1)c1nnc2ccccn12. The summed E-state index contributed by atoms with van der Waals surface area (Å²) in [6, 6.07) is 23.3. The van der Waals surface area contributed by atoms with Crippen LogP contribution in [0.25, 0.3) is 16.8 Å².